The number of benzene rings is 9. The van der Waals surface area contributed by atoms with Gasteiger partial charge in [0.15, 0.2) is 0 Å². The summed E-state index contributed by atoms with van der Waals surface area (Å²) in [5.41, 5.74) is 17.5. The molecule has 0 aliphatic heterocycles. The molecule has 434 valence electrons. The number of fused-ring (bicyclic) bond motifs is 6. The van der Waals surface area contributed by atoms with Gasteiger partial charge >= 0.3 is 6.18 Å². The first-order valence-electron chi connectivity index (χ1n) is 30.0. The van der Waals surface area contributed by atoms with Gasteiger partial charge < -0.3 is 4.57 Å². The predicted octanol–water partition coefficient (Wildman–Crippen LogP) is 20.7. The van der Waals surface area contributed by atoms with Crippen LogP contribution in [-0.4, -0.2) is 34.1 Å². The fourth-order valence-corrected chi connectivity index (χ4v) is 12.6. The Kier molecular flexibility index (Phi) is 13.5. The Labute approximate surface area is 526 Å². The summed E-state index contributed by atoms with van der Waals surface area (Å²) in [6, 6.07) is 89.0. The number of nitrogens with zero attached hydrogens (tertiary/aromatic N) is 8. The molecule has 9 aromatic carbocycles. The maximum Gasteiger partial charge on any atom is 0.416 e. The Morgan fingerprint density at radius 1 is 0.293 bits per heavy atom. The van der Waals surface area contributed by atoms with E-state index in [-0.39, 0.29) is 11.1 Å². The maximum atomic E-state index is 15.3. The van der Waals surface area contributed by atoms with Gasteiger partial charge in [-0.05, 0) is 101 Å². The van der Waals surface area contributed by atoms with Gasteiger partial charge in [-0.2, -0.15) is 18.4 Å². The summed E-state index contributed by atoms with van der Waals surface area (Å²) in [5, 5.41) is 14.2. The largest absolute Gasteiger partial charge is 0.416 e. The van der Waals surface area contributed by atoms with Crippen LogP contribution in [0.1, 0.15) is 11.1 Å². The maximum absolute atomic E-state index is 15.3. The van der Waals surface area contributed by atoms with E-state index in [2.05, 4.69) is 112 Å². The van der Waals surface area contributed by atoms with Crippen LogP contribution in [0.15, 0.2) is 298 Å². The van der Waals surface area contributed by atoms with Crippen molar-refractivity contribution in [1.29, 1.82) is 5.26 Å². The molecule has 0 amide bonds. The van der Waals surface area contributed by atoms with Crippen LogP contribution in [0.2, 0.25) is 0 Å². The number of alkyl halides is 3. The molecule has 0 aliphatic carbocycles. The molecule has 7 aromatic heterocycles. The van der Waals surface area contributed by atoms with Gasteiger partial charge in [0.1, 0.15) is 5.82 Å². The lowest BCUT2D eigenvalue weighted by Gasteiger charge is -2.18. The zero-order valence-corrected chi connectivity index (χ0v) is 49.0. The third-order valence-corrected chi connectivity index (χ3v) is 17.2. The third-order valence-electron chi connectivity index (χ3n) is 17.2. The van der Waals surface area contributed by atoms with Crippen molar-refractivity contribution >= 4 is 43.6 Å². The first kappa shape index (κ1) is 55.0. The molecule has 0 radical (unpaired) electrons. The summed E-state index contributed by atoms with van der Waals surface area (Å²) in [7, 11) is 0. The molecule has 0 fully saturated rings. The van der Waals surface area contributed by atoms with Gasteiger partial charge in [0.05, 0.1) is 73.9 Å². The van der Waals surface area contributed by atoms with E-state index < -0.39 is 11.7 Å². The van der Waals surface area contributed by atoms with Gasteiger partial charge in [0.25, 0.3) is 0 Å². The van der Waals surface area contributed by atoms with Crippen molar-refractivity contribution in [2.45, 2.75) is 6.18 Å². The first-order chi connectivity index (χ1) is 45.1. The molecule has 0 bridgehead atoms. The van der Waals surface area contributed by atoms with Crippen LogP contribution in [-0.2, 0) is 6.18 Å². The van der Waals surface area contributed by atoms with Gasteiger partial charge in [-0.15, -0.1) is 0 Å². The summed E-state index contributed by atoms with van der Waals surface area (Å²) in [4.78, 5) is 25.0. The van der Waals surface area contributed by atoms with E-state index >= 15 is 13.2 Å². The third kappa shape index (κ3) is 10.1. The minimum atomic E-state index is -4.79. The van der Waals surface area contributed by atoms with Crippen molar-refractivity contribution in [1.82, 2.24) is 34.1 Å². The number of hydrogen-bond acceptors (Lipinski definition) is 6. The molecule has 7 heterocycles. The van der Waals surface area contributed by atoms with Crippen molar-refractivity contribution < 1.29 is 13.2 Å². The number of hydrogen-bond donors (Lipinski definition) is 0. The highest BCUT2D eigenvalue weighted by Gasteiger charge is 2.32. The van der Waals surface area contributed by atoms with Crippen molar-refractivity contribution in [2.75, 3.05) is 0 Å². The van der Waals surface area contributed by atoms with E-state index in [1.54, 1.807) is 6.20 Å². The van der Waals surface area contributed by atoms with Gasteiger partial charge in [0.2, 0.25) is 0 Å². The molecule has 0 saturated carbocycles. The lowest BCUT2D eigenvalue weighted by atomic mass is 9.98. The van der Waals surface area contributed by atoms with Crippen molar-refractivity contribution in [3.8, 4) is 118 Å². The second-order valence-corrected chi connectivity index (χ2v) is 22.8. The summed E-state index contributed by atoms with van der Waals surface area (Å²) in [6.07, 6.45) is 4.45. The molecule has 8 nitrogen and oxygen atoms in total. The van der Waals surface area contributed by atoms with Gasteiger partial charge in [-0.1, -0.05) is 194 Å². The lowest BCUT2D eigenvalue weighted by molar-refractivity contribution is -0.137. The Hall–Kier alpha value is -12.4. The van der Waals surface area contributed by atoms with E-state index in [1.807, 2.05) is 176 Å². The zero-order chi connectivity index (χ0) is 61.9. The molecule has 0 atom stereocenters. The van der Waals surface area contributed by atoms with E-state index in [4.69, 9.17) is 24.9 Å². The van der Waals surface area contributed by atoms with E-state index in [9.17, 15) is 5.26 Å². The van der Waals surface area contributed by atoms with Crippen LogP contribution in [0.25, 0.3) is 156 Å². The molecule has 0 aliphatic rings. The molecule has 16 rings (SSSR count). The Morgan fingerprint density at radius 2 is 0.630 bits per heavy atom. The Balaban J connectivity index is 0.939. The summed E-state index contributed by atoms with van der Waals surface area (Å²) < 4.78 is 50.1. The zero-order valence-electron chi connectivity index (χ0n) is 49.0. The molecule has 92 heavy (non-hydrogen) atoms. The van der Waals surface area contributed by atoms with Crippen LogP contribution in [0.4, 0.5) is 13.2 Å². The number of pyridine rings is 5. The molecule has 16 aromatic rings. The van der Waals surface area contributed by atoms with Gasteiger partial charge in [-0.3, -0.25) is 24.5 Å². The molecule has 0 N–H and O–H groups in total. The molecule has 0 unspecified atom stereocenters. The fourth-order valence-electron chi connectivity index (χ4n) is 12.6. The minimum Gasteiger partial charge on any atom is -0.307 e. The summed E-state index contributed by atoms with van der Waals surface area (Å²) in [5.74, 6) is 0.431. The Bertz CT molecular complexity index is 5230. The number of nitriles is 1. The molecular weight excluding hydrogens is 1140 g/mol. The number of aromatic nitrogens is 7. The van der Waals surface area contributed by atoms with E-state index in [0.717, 1.165) is 145 Å². The average molecular weight is 1190 g/mol. The van der Waals surface area contributed by atoms with Crippen LogP contribution >= 0.6 is 0 Å². The van der Waals surface area contributed by atoms with Crippen molar-refractivity contribution in [3.05, 3.63) is 309 Å². The standard InChI is InChI=1S/C81H49F3N8/c82-81(83,84)65-38-51(45-85)37-64(39-65)70-44-80(92-77-42-58(62-27-35-73(88-48-62)54-17-9-3-10-18-54)23-31-68(77)69-32-24-59(43-78(69)92)63-28-36-74(89-49-63)55-19-11-4-12-20-55)90-50-79(70)91-75-40-56(60-25-33-71(86-46-60)52-13-5-1-6-14-52)21-29-66(75)67-30-22-57(41-76(67)91)61-26-34-72(87-47-61)53-15-7-2-8-16-53/h1-44,46-50H. The smallest absolute Gasteiger partial charge is 0.307 e. The Morgan fingerprint density at radius 3 is 0.946 bits per heavy atom. The minimum absolute atomic E-state index is 0.145. The van der Waals surface area contributed by atoms with Crippen LogP contribution in [0.3, 0.4) is 0 Å². The summed E-state index contributed by atoms with van der Waals surface area (Å²) >= 11 is 0. The normalized spacial score (nSPS) is 11.6. The second kappa shape index (κ2) is 22.6. The topological polar surface area (TPSA) is 98.1 Å². The van der Waals surface area contributed by atoms with Crippen LogP contribution in [0, 0.1) is 11.3 Å². The first-order valence-corrected chi connectivity index (χ1v) is 30.0. The van der Waals surface area contributed by atoms with Crippen molar-refractivity contribution in [2.24, 2.45) is 0 Å². The highest BCUT2D eigenvalue weighted by atomic mass is 19.4. The fraction of sp³-hybridized carbons (Fsp3) is 0.0123. The van der Waals surface area contributed by atoms with Crippen LogP contribution in [0.5, 0.6) is 0 Å². The molecule has 11 heteroatoms. The molecular formula is C81H49F3N8. The van der Waals surface area contributed by atoms with E-state index in [1.165, 1.54) is 6.07 Å². The van der Waals surface area contributed by atoms with E-state index in [0.29, 0.717) is 17.1 Å². The molecule has 0 spiro atoms. The quantitative estimate of drug-likeness (QED) is 0.128. The summed E-state index contributed by atoms with van der Waals surface area (Å²) in [6.45, 7) is 0. The van der Waals surface area contributed by atoms with Gasteiger partial charge in [0, 0.05) is 96.4 Å². The lowest BCUT2D eigenvalue weighted by Crippen LogP contribution is -2.07. The van der Waals surface area contributed by atoms with Crippen LogP contribution < -0.4 is 0 Å². The average Bonchev–Trinajstić information content (AvgIpc) is 1.59. The monoisotopic (exact) mass is 1190 g/mol. The highest BCUT2D eigenvalue weighted by molar-refractivity contribution is 6.13. The second-order valence-electron chi connectivity index (χ2n) is 22.8. The number of rotatable bonds is 11. The number of halogens is 3. The van der Waals surface area contributed by atoms with Gasteiger partial charge in [-0.25, -0.2) is 4.98 Å². The highest BCUT2D eigenvalue weighted by Crippen LogP contribution is 2.44. The predicted molar refractivity (Wildman–Crippen MR) is 363 cm³/mol. The van der Waals surface area contributed by atoms with Crippen molar-refractivity contribution in [3.63, 3.8) is 0 Å². The SMILES string of the molecule is N#Cc1cc(-c2cc(-n3c4cc(-c5ccc(-c6ccccc6)nc5)ccc4c4ccc(-c5ccc(-c6ccccc6)nc5)cc43)ncc2-n2c3cc(-c4ccc(-c5ccccc5)nc4)ccc3c3ccc(-c4ccc(-c5ccccc5)nc4)cc32)cc(C(F)(F)F)c1. The molecule has 0 saturated heterocycles.